The van der Waals surface area contributed by atoms with Gasteiger partial charge in [-0.05, 0) is 38.3 Å². The van der Waals surface area contributed by atoms with Crippen LogP contribution >= 0.6 is 11.8 Å². The number of hydrogen-bond acceptors (Lipinski definition) is 4. The van der Waals surface area contributed by atoms with Crippen LogP contribution in [0.4, 0.5) is 0 Å². The Morgan fingerprint density at radius 1 is 1.25 bits per heavy atom. The molecule has 0 aliphatic heterocycles. The average molecular weight is 296 g/mol. The van der Waals surface area contributed by atoms with Crippen molar-refractivity contribution in [1.29, 1.82) is 0 Å². The van der Waals surface area contributed by atoms with Crippen LogP contribution in [0, 0.1) is 0 Å². The molecule has 0 saturated carbocycles. The molecule has 0 saturated heterocycles. The fourth-order valence-electron chi connectivity index (χ4n) is 2.10. The van der Waals surface area contributed by atoms with Gasteiger partial charge in [0.05, 0.1) is 7.11 Å². The summed E-state index contributed by atoms with van der Waals surface area (Å²) in [5, 5.41) is 4.14. The molecule has 0 spiro atoms. The van der Waals surface area contributed by atoms with E-state index in [9.17, 15) is 0 Å². The Hall–Kier alpha value is -0.710. The Bertz CT molecular complexity index is 367. The van der Waals surface area contributed by atoms with E-state index in [1.807, 2.05) is 23.9 Å². The molecule has 3 nitrogen and oxygen atoms in total. The molecule has 0 fully saturated rings. The Kier molecular flexibility index (Phi) is 8.04. The van der Waals surface area contributed by atoms with Crippen molar-refractivity contribution in [2.45, 2.75) is 25.1 Å². The number of benzene rings is 1. The third kappa shape index (κ3) is 5.73. The molecule has 1 aromatic rings. The van der Waals surface area contributed by atoms with Gasteiger partial charge in [0, 0.05) is 23.6 Å². The van der Waals surface area contributed by atoms with E-state index in [0.29, 0.717) is 11.3 Å². The molecule has 0 heterocycles. The van der Waals surface area contributed by atoms with Crippen molar-refractivity contribution < 1.29 is 4.74 Å². The van der Waals surface area contributed by atoms with Crippen LogP contribution in [-0.4, -0.2) is 50.2 Å². The van der Waals surface area contributed by atoms with Gasteiger partial charge >= 0.3 is 0 Å². The minimum atomic E-state index is 0.387. The highest BCUT2D eigenvalue weighted by Crippen LogP contribution is 2.27. The Labute approximate surface area is 128 Å². The molecule has 0 aromatic heterocycles. The topological polar surface area (TPSA) is 24.5 Å². The lowest BCUT2D eigenvalue weighted by molar-refractivity contribution is 0.414. The second kappa shape index (κ2) is 9.27. The van der Waals surface area contributed by atoms with E-state index in [-0.39, 0.29) is 0 Å². The zero-order valence-corrected chi connectivity index (χ0v) is 14.2. The van der Waals surface area contributed by atoms with Crippen molar-refractivity contribution in [2.75, 3.05) is 40.0 Å². The van der Waals surface area contributed by atoms with Gasteiger partial charge in [0.25, 0.3) is 0 Å². The Morgan fingerprint density at radius 3 is 2.40 bits per heavy atom. The maximum Gasteiger partial charge on any atom is 0.118 e. The van der Waals surface area contributed by atoms with Gasteiger partial charge in [-0.15, -0.1) is 0 Å². The lowest BCUT2D eigenvalue weighted by Crippen LogP contribution is -2.29. The smallest absolute Gasteiger partial charge is 0.118 e. The number of nitrogens with zero attached hydrogens (tertiary/aromatic N) is 1. The first-order valence-corrected chi connectivity index (χ1v) is 8.27. The molecule has 0 radical (unpaired) electrons. The highest BCUT2D eigenvalue weighted by atomic mass is 32.2. The lowest BCUT2D eigenvalue weighted by atomic mass is 10.0. The van der Waals surface area contributed by atoms with Crippen LogP contribution in [0.2, 0.25) is 0 Å². The molecule has 2 atom stereocenters. The molecular weight excluding hydrogens is 268 g/mol. The Balaban J connectivity index is 2.65. The van der Waals surface area contributed by atoms with Crippen molar-refractivity contribution in [3.05, 3.63) is 29.8 Å². The minimum absolute atomic E-state index is 0.387. The van der Waals surface area contributed by atoms with Crippen molar-refractivity contribution >= 4 is 11.8 Å². The van der Waals surface area contributed by atoms with Crippen LogP contribution in [0.1, 0.15) is 25.5 Å². The highest BCUT2D eigenvalue weighted by molar-refractivity contribution is 7.99. The minimum Gasteiger partial charge on any atom is -0.497 e. The van der Waals surface area contributed by atoms with Gasteiger partial charge in [0.2, 0.25) is 0 Å². The molecule has 0 aliphatic rings. The van der Waals surface area contributed by atoms with E-state index >= 15 is 0 Å². The highest BCUT2D eigenvalue weighted by Gasteiger charge is 2.18. The summed E-state index contributed by atoms with van der Waals surface area (Å²) < 4.78 is 5.23. The van der Waals surface area contributed by atoms with E-state index in [2.05, 4.69) is 50.3 Å². The molecule has 1 aromatic carbocycles. The summed E-state index contributed by atoms with van der Waals surface area (Å²) in [6.07, 6.45) is 0. The van der Waals surface area contributed by atoms with Crippen LogP contribution in [0.15, 0.2) is 24.3 Å². The number of hydrogen-bond donors (Lipinski definition) is 1. The zero-order valence-electron chi connectivity index (χ0n) is 13.3. The average Bonchev–Trinajstić information content (AvgIpc) is 2.44. The monoisotopic (exact) mass is 296 g/mol. The number of methoxy groups -OCH3 is 1. The molecule has 0 bridgehead atoms. The quantitative estimate of drug-likeness (QED) is 0.757. The summed E-state index contributed by atoms with van der Waals surface area (Å²) in [7, 11) is 5.95. The third-order valence-corrected chi connectivity index (χ3v) is 4.50. The van der Waals surface area contributed by atoms with E-state index in [0.717, 1.165) is 24.6 Å². The fraction of sp³-hybridized carbons (Fsp3) is 0.625. The SMILES string of the molecule is CCNC(c1ccc(OC)cc1)C(C)SCCN(C)C. The third-order valence-electron chi connectivity index (χ3n) is 3.29. The first kappa shape index (κ1) is 17.3. The molecule has 0 amide bonds. The summed E-state index contributed by atoms with van der Waals surface area (Å²) in [6, 6.07) is 8.79. The summed E-state index contributed by atoms with van der Waals surface area (Å²) >= 11 is 2.02. The second-order valence-corrected chi connectivity index (χ2v) is 6.67. The largest absolute Gasteiger partial charge is 0.497 e. The van der Waals surface area contributed by atoms with Gasteiger partial charge in [-0.25, -0.2) is 0 Å². The van der Waals surface area contributed by atoms with Crippen LogP contribution < -0.4 is 10.1 Å². The van der Waals surface area contributed by atoms with Crippen molar-refractivity contribution in [3.8, 4) is 5.75 Å². The predicted octanol–water partition coefficient (Wildman–Crippen LogP) is 3.03. The van der Waals surface area contributed by atoms with Crippen LogP contribution in [0.25, 0.3) is 0 Å². The van der Waals surface area contributed by atoms with Crippen LogP contribution in [-0.2, 0) is 0 Å². The van der Waals surface area contributed by atoms with E-state index in [4.69, 9.17) is 4.74 Å². The molecule has 1 rings (SSSR count). The van der Waals surface area contributed by atoms with Gasteiger partial charge < -0.3 is 15.0 Å². The molecule has 114 valence electrons. The number of thioether (sulfide) groups is 1. The van der Waals surface area contributed by atoms with Gasteiger partial charge in [-0.3, -0.25) is 0 Å². The summed E-state index contributed by atoms with van der Waals surface area (Å²) in [6.45, 7) is 6.57. The normalized spacial score (nSPS) is 14.3. The number of rotatable bonds is 9. The van der Waals surface area contributed by atoms with Crippen LogP contribution in [0.5, 0.6) is 5.75 Å². The van der Waals surface area contributed by atoms with Gasteiger partial charge in [-0.2, -0.15) is 11.8 Å². The first-order valence-electron chi connectivity index (χ1n) is 7.22. The van der Waals surface area contributed by atoms with Crippen molar-refractivity contribution in [1.82, 2.24) is 10.2 Å². The molecule has 4 heteroatoms. The number of nitrogens with one attached hydrogen (secondary N) is 1. The predicted molar refractivity (Wildman–Crippen MR) is 89.9 cm³/mol. The van der Waals surface area contributed by atoms with Crippen molar-refractivity contribution in [2.24, 2.45) is 0 Å². The van der Waals surface area contributed by atoms with Crippen LogP contribution in [0.3, 0.4) is 0 Å². The maximum atomic E-state index is 5.23. The molecule has 1 N–H and O–H groups in total. The summed E-state index contributed by atoms with van der Waals surface area (Å²) in [5.74, 6) is 2.07. The fourth-order valence-corrected chi connectivity index (χ4v) is 3.39. The van der Waals surface area contributed by atoms with E-state index in [1.165, 1.54) is 5.56 Å². The lowest BCUT2D eigenvalue weighted by Gasteiger charge is -2.25. The molecule has 20 heavy (non-hydrogen) atoms. The van der Waals surface area contributed by atoms with E-state index in [1.54, 1.807) is 7.11 Å². The standard InChI is InChI=1S/C16H28N2OS/c1-6-17-16(13(2)20-12-11-18(3)4)14-7-9-15(19-5)10-8-14/h7-10,13,16-17H,6,11-12H2,1-5H3. The number of ether oxygens (including phenoxy) is 1. The first-order chi connectivity index (χ1) is 9.58. The maximum absolute atomic E-state index is 5.23. The summed E-state index contributed by atoms with van der Waals surface area (Å²) in [5.41, 5.74) is 1.33. The van der Waals surface area contributed by atoms with E-state index < -0.39 is 0 Å². The van der Waals surface area contributed by atoms with Crippen molar-refractivity contribution in [3.63, 3.8) is 0 Å². The second-order valence-electron chi connectivity index (χ2n) is 5.19. The molecular formula is C16H28N2OS. The zero-order chi connectivity index (χ0) is 15.0. The Morgan fingerprint density at radius 2 is 1.90 bits per heavy atom. The van der Waals surface area contributed by atoms with Gasteiger partial charge in [-0.1, -0.05) is 26.0 Å². The van der Waals surface area contributed by atoms with Gasteiger partial charge in [0.1, 0.15) is 5.75 Å². The molecule has 0 aliphatic carbocycles. The van der Waals surface area contributed by atoms with Gasteiger partial charge in [0.15, 0.2) is 0 Å². The summed E-state index contributed by atoms with van der Waals surface area (Å²) in [4.78, 5) is 2.23. The molecule has 2 unspecified atom stereocenters.